The molecule has 2 bridgehead atoms. The van der Waals surface area contributed by atoms with Crippen molar-refractivity contribution in [2.24, 2.45) is 11.8 Å². The van der Waals surface area contributed by atoms with Crippen LogP contribution in [0.25, 0.3) is 0 Å². The highest BCUT2D eigenvalue weighted by molar-refractivity contribution is 7.47. The molecule has 13 heteroatoms. The number of ether oxygens (including phenoxy) is 2. The van der Waals surface area contributed by atoms with Crippen LogP contribution in [0.4, 0.5) is 0 Å². The summed E-state index contributed by atoms with van der Waals surface area (Å²) < 4.78 is 35.1. The maximum atomic E-state index is 12.9. The van der Waals surface area contributed by atoms with Gasteiger partial charge in [-0.2, -0.15) is 0 Å². The summed E-state index contributed by atoms with van der Waals surface area (Å²) in [5, 5.41) is 9.36. The number of carbonyl (C=O) groups excluding carboxylic acids is 1. The van der Waals surface area contributed by atoms with Crippen LogP contribution in [0, 0.1) is 11.8 Å². The number of nitrogens with zero attached hydrogens (tertiary/aromatic N) is 1. The second-order valence-corrected chi connectivity index (χ2v) is 18.7. The van der Waals surface area contributed by atoms with Crippen molar-refractivity contribution in [2.75, 3.05) is 54.1 Å². The van der Waals surface area contributed by atoms with Gasteiger partial charge in [0.05, 0.1) is 40.5 Å². The summed E-state index contributed by atoms with van der Waals surface area (Å²) in [7, 11) is 1.57. The zero-order chi connectivity index (χ0) is 41.6. The van der Waals surface area contributed by atoms with Gasteiger partial charge in [0.2, 0.25) is 0 Å². The van der Waals surface area contributed by atoms with Crippen molar-refractivity contribution in [1.29, 1.82) is 0 Å². The number of unbranched alkanes of at least 4 members (excludes halogenated alkanes) is 16. The Balaban J connectivity index is 1.71. The molecule has 1 saturated carbocycles. The molecule has 0 amide bonds. The molecule has 0 aromatic heterocycles. The van der Waals surface area contributed by atoms with Gasteiger partial charge in [-0.1, -0.05) is 141 Å². The molecule has 1 aliphatic carbocycles. The Hall–Kier alpha value is -1.18. The average molecular weight is 833 g/mol. The van der Waals surface area contributed by atoms with Crippen LogP contribution in [0.2, 0.25) is 0 Å². The number of fused-ring (bicyclic) bond motifs is 2. The van der Waals surface area contributed by atoms with Crippen LogP contribution in [-0.2, 0) is 42.5 Å². The van der Waals surface area contributed by atoms with E-state index in [4.69, 9.17) is 33.2 Å². The van der Waals surface area contributed by atoms with E-state index in [2.05, 4.69) is 32.1 Å². The maximum Gasteiger partial charge on any atom is 0.472 e. The fourth-order valence-electron chi connectivity index (χ4n) is 7.40. The first-order valence-electron chi connectivity index (χ1n) is 22.6. The quantitative estimate of drug-likeness (QED) is 0.0117. The highest BCUT2D eigenvalue weighted by Gasteiger charge is 2.49. The monoisotopic (exact) mass is 833 g/mol. The summed E-state index contributed by atoms with van der Waals surface area (Å²) in [6.45, 7) is 5.32. The summed E-state index contributed by atoms with van der Waals surface area (Å²) in [5.41, 5.74) is 0. The Kier molecular flexibility index (Phi) is 28.9. The van der Waals surface area contributed by atoms with Crippen LogP contribution in [0.15, 0.2) is 24.3 Å². The summed E-state index contributed by atoms with van der Waals surface area (Å²) in [6, 6.07) is 0. The molecule has 0 radical (unpaired) electrons. The van der Waals surface area contributed by atoms with Gasteiger partial charge in [-0.05, 0) is 32.1 Å². The number of carbonyl (C=O) groups is 1. The number of esters is 1. The van der Waals surface area contributed by atoms with Gasteiger partial charge in [0.15, 0.2) is 0 Å². The highest BCUT2D eigenvalue weighted by Crippen LogP contribution is 2.45. The van der Waals surface area contributed by atoms with Crippen LogP contribution >= 0.6 is 7.82 Å². The molecule has 2 rings (SSSR count). The van der Waals surface area contributed by atoms with E-state index >= 15 is 0 Å². The normalized spacial score (nSPS) is 21.8. The van der Waals surface area contributed by atoms with E-state index in [0.29, 0.717) is 30.5 Å². The van der Waals surface area contributed by atoms with Crippen molar-refractivity contribution in [3.05, 3.63) is 24.3 Å². The summed E-state index contributed by atoms with van der Waals surface area (Å²) in [4.78, 5) is 38.9. The minimum absolute atomic E-state index is 0.00330. The molecular weight excluding hydrogens is 749 g/mol. The lowest BCUT2D eigenvalue weighted by atomic mass is 9.89. The number of hydrogen-bond donors (Lipinski definition) is 2. The van der Waals surface area contributed by atoms with Crippen LogP contribution in [0.3, 0.4) is 0 Å². The highest BCUT2D eigenvalue weighted by atomic mass is 31.2. The number of hydrogen-bond acceptors (Lipinski definition) is 10. The molecule has 57 heavy (non-hydrogen) atoms. The van der Waals surface area contributed by atoms with E-state index in [1.165, 1.54) is 77.0 Å². The van der Waals surface area contributed by atoms with Crippen LogP contribution in [0.1, 0.15) is 162 Å². The lowest BCUT2D eigenvalue weighted by molar-refractivity contribution is -0.870. The van der Waals surface area contributed by atoms with E-state index in [0.717, 1.165) is 51.4 Å². The van der Waals surface area contributed by atoms with Crippen molar-refractivity contribution >= 4 is 13.8 Å². The van der Waals surface area contributed by atoms with E-state index in [9.17, 15) is 19.5 Å². The van der Waals surface area contributed by atoms with Gasteiger partial charge in [0.1, 0.15) is 31.5 Å². The Morgan fingerprint density at radius 3 is 2.04 bits per heavy atom. The molecule has 0 aromatic rings. The van der Waals surface area contributed by atoms with Gasteiger partial charge in [0.25, 0.3) is 0 Å². The van der Waals surface area contributed by atoms with Gasteiger partial charge in [-0.3, -0.25) is 19.1 Å². The average Bonchev–Trinajstić information content (AvgIpc) is 3.78. The van der Waals surface area contributed by atoms with E-state index in [1.54, 1.807) is 0 Å². The lowest BCUT2D eigenvalue weighted by Gasteiger charge is -2.27. The topological polar surface area (TPSA) is 139 Å². The number of phosphoric ester groups is 1. The Bertz CT molecular complexity index is 1120. The summed E-state index contributed by atoms with van der Waals surface area (Å²) in [5.74, 6) is 0.0417. The van der Waals surface area contributed by atoms with Crippen LogP contribution < -0.4 is 0 Å². The molecule has 12 nitrogen and oxygen atoms in total. The number of likely N-dealkylation sites (N-methyl/N-ethyl adjacent to an activating group) is 1. The van der Waals surface area contributed by atoms with Crippen molar-refractivity contribution < 1.29 is 57.2 Å². The van der Waals surface area contributed by atoms with Gasteiger partial charge >= 0.3 is 13.8 Å². The molecule has 1 saturated heterocycles. The van der Waals surface area contributed by atoms with Gasteiger partial charge in [0, 0.05) is 31.3 Å². The molecule has 7 unspecified atom stereocenters. The van der Waals surface area contributed by atoms with Gasteiger partial charge < -0.3 is 18.9 Å². The fraction of sp³-hybridized carbons (Fsp3) is 0.886. The molecule has 7 atom stereocenters. The predicted octanol–water partition coefficient (Wildman–Crippen LogP) is 10.7. The second kappa shape index (κ2) is 31.7. The third-order valence-electron chi connectivity index (χ3n) is 11.0. The molecule has 0 spiro atoms. The van der Waals surface area contributed by atoms with Crippen LogP contribution in [-0.4, -0.2) is 99.1 Å². The zero-order valence-electron chi connectivity index (χ0n) is 36.5. The molecule has 0 aromatic carbocycles. The van der Waals surface area contributed by atoms with E-state index in [-0.39, 0.29) is 56.4 Å². The third-order valence-corrected chi connectivity index (χ3v) is 11.9. The van der Waals surface area contributed by atoms with Gasteiger partial charge in [-0.25, -0.2) is 19.2 Å². The molecule has 2 fully saturated rings. The van der Waals surface area contributed by atoms with E-state index < -0.39 is 19.9 Å². The lowest BCUT2D eigenvalue weighted by Crippen LogP contribution is -2.37. The first-order chi connectivity index (χ1) is 27.5. The van der Waals surface area contributed by atoms with Crippen molar-refractivity contribution in [3.63, 3.8) is 0 Å². The van der Waals surface area contributed by atoms with Crippen molar-refractivity contribution in [2.45, 2.75) is 186 Å². The minimum Gasteiger partial charge on any atom is -0.457 e. The molecule has 1 aliphatic heterocycles. The number of rotatable bonds is 38. The summed E-state index contributed by atoms with van der Waals surface area (Å²) >= 11 is 0. The van der Waals surface area contributed by atoms with Crippen LogP contribution in [0.5, 0.6) is 0 Å². The molecular formula is C44H83NO11P+. The Morgan fingerprint density at radius 1 is 0.789 bits per heavy atom. The second-order valence-electron chi connectivity index (χ2n) is 17.3. The zero-order valence-corrected chi connectivity index (χ0v) is 37.4. The van der Waals surface area contributed by atoms with Gasteiger partial charge in [-0.15, -0.1) is 0 Å². The number of phosphoric acid groups is 1. The number of allylic oxidation sites excluding steroid dienone is 2. The molecule has 2 N–H and O–H groups in total. The maximum absolute atomic E-state index is 12.9. The minimum atomic E-state index is -4.33. The standard InChI is InChI=1S/C44H82NO11P/c1-6-8-10-11-12-13-14-15-16-17-18-19-22-26-33-50-36-39(37-52-57(48,49)51-34-32-45(3,4)5)53-44(46)29-25-21-20-24-28-40-41(43-35-42(40)55-56-43)31-30-38(54-47)27-23-9-7-2/h20,24,30-31,38-43H,6-19,21-23,25-29,32-37H2,1-5H3,(H-,47,48,49)/p+1/b24-20-,31-30+. The SMILES string of the molecule is CCCCCCCCCCCCCCCCOCC(COP(=O)(O)OCC[N+](C)(C)C)OC(=O)CCC/C=C\CC1C2CC(OO2)C1/C=C/C(CCCCC)OO. The predicted molar refractivity (Wildman–Crippen MR) is 225 cm³/mol. The Labute approximate surface area is 346 Å². The smallest absolute Gasteiger partial charge is 0.457 e. The molecule has 1 heterocycles. The largest absolute Gasteiger partial charge is 0.472 e. The first-order valence-corrected chi connectivity index (χ1v) is 24.1. The van der Waals surface area contributed by atoms with Crippen molar-refractivity contribution in [3.8, 4) is 0 Å². The first kappa shape index (κ1) is 52.0. The van der Waals surface area contributed by atoms with E-state index in [1.807, 2.05) is 27.2 Å². The summed E-state index contributed by atoms with van der Waals surface area (Å²) in [6.07, 6.45) is 32.3. The van der Waals surface area contributed by atoms with Crippen molar-refractivity contribution in [1.82, 2.24) is 0 Å². The molecule has 334 valence electrons. The fourth-order valence-corrected chi connectivity index (χ4v) is 8.14. The Morgan fingerprint density at radius 2 is 1.40 bits per heavy atom. The molecule has 2 aliphatic rings. The number of quaternary nitrogens is 1. The third kappa shape index (κ3) is 25.9.